The third kappa shape index (κ3) is 3.57. The average Bonchev–Trinajstić information content (AvgIpc) is 3.26. The molecule has 6 nitrogen and oxygen atoms in total. The topological polar surface area (TPSA) is 70.7 Å². The summed E-state index contributed by atoms with van der Waals surface area (Å²) in [6, 6.07) is 19.5. The first kappa shape index (κ1) is 21.8. The van der Waals surface area contributed by atoms with Crippen molar-refractivity contribution < 1.29 is 13.9 Å². The average molecular weight is 506 g/mol. The van der Waals surface area contributed by atoms with Crippen LogP contribution < -0.4 is 16.1 Å². The fourth-order valence-corrected chi connectivity index (χ4v) is 4.82. The van der Waals surface area contributed by atoms with Crippen molar-refractivity contribution in [1.29, 1.82) is 0 Å². The number of halogens is 2. The number of benzene rings is 3. The predicted molar refractivity (Wildman–Crippen MR) is 132 cm³/mol. The summed E-state index contributed by atoms with van der Waals surface area (Å²) in [6.45, 7) is 1.99. The molecular formula is C27H17Cl2NO5. The lowest BCUT2D eigenvalue weighted by molar-refractivity contribution is 0.0599. The highest BCUT2D eigenvalue weighted by Gasteiger charge is 2.43. The third-order valence-electron chi connectivity index (χ3n) is 6.18. The van der Waals surface area contributed by atoms with E-state index in [0.717, 1.165) is 15.7 Å². The van der Waals surface area contributed by atoms with Gasteiger partial charge in [-0.1, -0.05) is 65.2 Å². The molecule has 2 aliphatic rings. The minimum atomic E-state index is -0.820. The summed E-state index contributed by atoms with van der Waals surface area (Å²) in [7, 11) is 0. The van der Waals surface area contributed by atoms with E-state index in [1.165, 1.54) is 12.1 Å². The Hall–Kier alpha value is -3.74. The summed E-state index contributed by atoms with van der Waals surface area (Å²) >= 11 is 12.2. The molecule has 2 atom stereocenters. The maximum Gasteiger partial charge on any atom is 0.426 e. The molecule has 35 heavy (non-hydrogen) atoms. The predicted octanol–water partition coefficient (Wildman–Crippen LogP) is 6.16. The number of ether oxygens (including phenoxy) is 2. The smallest absolute Gasteiger partial charge is 0.426 e. The molecule has 3 aromatic carbocycles. The molecule has 1 aliphatic heterocycles. The summed E-state index contributed by atoms with van der Waals surface area (Å²) < 4.78 is 18.8. The highest BCUT2D eigenvalue weighted by Crippen LogP contribution is 2.51. The Morgan fingerprint density at radius 2 is 1.71 bits per heavy atom. The molecule has 0 fully saturated rings. The zero-order valence-electron chi connectivity index (χ0n) is 18.3. The minimum Gasteiger partial charge on any atom is -0.456 e. The zero-order valence-corrected chi connectivity index (χ0v) is 19.8. The van der Waals surface area contributed by atoms with Crippen LogP contribution in [0.25, 0.3) is 17.0 Å². The lowest BCUT2D eigenvalue weighted by atomic mass is 9.81. The van der Waals surface area contributed by atoms with Crippen LogP contribution in [0.2, 0.25) is 10.0 Å². The lowest BCUT2D eigenvalue weighted by Gasteiger charge is -2.27. The second kappa shape index (κ2) is 8.18. The normalized spacial score (nSPS) is 17.6. The Balaban J connectivity index is 1.53. The number of aromatic nitrogens is 1. The van der Waals surface area contributed by atoms with E-state index in [9.17, 15) is 9.59 Å². The van der Waals surface area contributed by atoms with E-state index in [-0.39, 0.29) is 22.4 Å². The van der Waals surface area contributed by atoms with Gasteiger partial charge in [-0.15, -0.1) is 0 Å². The van der Waals surface area contributed by atoms with Gasteiger partial charge in [0.15, 0.2) is 0 Å². The quantitative estimate of drug-likeness (QED) is 0.333. The zero-order chi connectivity index (χ0) is 24.3. The number of hydrogen-bond donors (Lipinski definition) is 0. The molecule has 0 N–H and O–H groups in total. The maximum absolute atomic E-state index is 13.8. The van der Waals surface area contributed by atoms with Crippen molar-refractivity contribution in [1.82, 2.24) is 4.57 Å². The van der Waals surface area contributed by atoms with Crippen LogP contribution in [0, 0.1) is 6.92 Å². The van der Waals surface area contributed by atoms with Crippen LogP contribution in [0.5, 0.6) is 5.75 Å². The van der Waals surface area contributed by atoms with Crippen molar-refractivity contribution in [3.63, 3.8) is 0 Å². The largest absolute Gasteiger partial charge is 0.456 e. The highest BCUT2D eigenvalue weighted by molar-refractivity contribution is 6.42. The first-order valence-electron chi connectivity index (χ1n) is 10.9. The van der Waals surface area contributed by atoms with Crippen LogP contribution in [0.4, 0.5) is 0 Å². The van der Waals surface area contributed by atoms with Crippen LogP contribution >= 0.6 is 23.2 Å². The summed E-state index contributed by atoms with van der Waals surface area (Å²) in [4.78, 5) is 26.8. The van der Waals surface area contributed by atoms with E-state index in [1.807, 2.05) is 49.4 Å². The molecule has 0 bridgehead atoms. The Morgan fingerprint density at radius 3 is 2.49 bits per heavy atom. The van der Waals surface area contributed by atoms with E-state index in [1.54, 1.807) is 18.2 Å². The molecule has 174 valence electrons. The summed E-state index contributed by atoms with van der Waals surface area (Å²) in [5, 5.41) is 0.527. The first-order chi connectivity index (χ1) is 16.9. The molecular weight excluding hydrogens is 489 g/mol. The van der Waals surface area contributed by atoms with Gasteiger partial charge in [0.05, 0.1) is 27.2 Å². The number of nitrogens with zero attached hydrogens (tertiary/aromatic N) is 1. The van der Waals surface area contributed by atoms with Gasteiger partial charge in [-0.3, -0.25) is 4.79 Å². The highest BCUT2D eigenvalue weighted by atomic mass is 35.5. The van der Waals surface area contributed by atoms with E-state index < -0.39 is 23.3 Å². The minimum absolute atomic E-state index is 0.217. The van der Waals surface area contributed by atoms with Crippen LogP contribution in [0.15, 0.2) is 92.8 Å². The maximum atomic E-state index is 13.8. The Morgan fingerprint density at radius 1 is 0.943 bits per heavy atom. The molecule has 2 heterocycles. The molecule has 2 unspecified atom stereocenters. The van der Waals surface area contributed by atoms with Gasteiger partial charge in [-0.2, -0.15) is 0 Å². The van der Waals surface area contributed by atoms with Crippen LogP contribution in [0.3, 0.4) is 0 Å². The van der Waals surface area contributed by atoms with E-state index in [2.05, 4.69) is 0 Å². The van der Waals surface area contributed by atoms with E-state index in [0.29, 0.717) is 21.9 Å². The second-order valence-electron chi connectivity index (χ2n) is 8.40. The van der Waals surface area contributed by atoms with Gasteiger partial charge in [0.25, 0.3) is 11.5 Å². The van der Waals surface area contributed by atoms with Crippen molar-refractivity contribution in [3.8, 4) is 22.8 Å². The molecule has 0 saturated heterocycles. The number of rotatable bonds is 3. The second-order valence-corrected chi connectivity index (χ2v) is 9.22. The van der Waals surface area contributed by atoms with Crippen molar-refractivity contribution >= 4 is 23.2 Å². The molecule has 6 rings (SSSR count). The molecule has 8 heteroatoms. The van der Waals surface area contributed by atoms with Gasteiger partial charge in [-0.05, 0) is 37.3 Å². The number of fused-ring (bicyclic) bond motifs is 6. The molecule has 0 amide bonds. The Kier molecular flexibility index (Phi) is 5.09. The Labute approximate surface area is 209 Å². The fraction of sp³-hybridized carbons (Fsp3) is 0.111. The first-order valence-corrected chi connectivity index (χ1v) is 11.6. The summed E-state index contributed by atoms with van der Waals surface area (Å²) in [6.07, 6.45) is 1.24. The van der Waals surface area contributed by atoms with Crippen LogP contribution in [0.1, 0.15) is 28.7 Å². The Bertz CT molecular complexity index is 1640. The van der Waals surface area contributed by atoms with Gasteiger partial charge in [0.1, 0.15) is 17.6 Å². The summed E-state index contributed by atoms with van der Waals surface area (Å²) in [5.41, 5.74) is 2.59. The monoisotopic (exact) mass is 505 g/mol. The molecule has 1 aromatic heterocycles. The standard InChI is InChI=1S/C27H17Cl2NO5/c1-14-6-9-16(10-7-14)33-22-13-19-23-25(18-5-3-2-4-17(18)24(19)34-22)35-27(32)30(26(23)31)15-8-11-20(28)21(29)12-15/h2-13,19,24H,1H3. The van der Waals surface area contributed by atoms with Crippen molar-refractivity contribution in [2.45, 2.75) is 18.9 Å². The van der Waals surface area contributed by atoms with E-state index in [4.69, 9.17) is 37.1 Å². The van der Waals surface area contributed by atoms with Crippen molar-refractivity contribution in [3.05, 3.63) is 126 Å². The molecule has 0 saturated carbocycles. The lowest BCUT2D eigenvalue weighted by Crippen LogP contribution is -2.36. The fourth-order valence-electron chi connectivity index (χ4n) is 4.53. The van der Waals surface area contributed by atoms with E-state index >= 15 is 0 Å². The summed E-state index contributed by atoms with van der Waals surface area (Å²) in [5.74, 6) is -0.227. The van der Waals surface area contributed by atoms with Gasteiger partial charge >= 0.3 is 5.76 Å². The number of aryl methyl sites for hydroxylation is 1. The third-order valence-corrected chi connectivity index (χ3v) is 6.92. The van der Waals surface area contributed by atoms with Gasteiger partial charge in [-0.25, -0.2) is 9.36 Å². The van der Waals surface area contributed by atoms with Crippen LogP contribution in [-0.4, -0.2) is 4.57 Å². The van der Waals surface area contributed by atoms with Gasteiger partial charge < -0.3 is 13.9 Å². The molecule has 1 aliphatic carbocycles. The molecule has 0 radical (unpaired) electrons. The SMILES string of the molecule is Cc1ccc(OC2=CC3c4c(oc(=O)n(-c5ccc(Cl)c(Cl)c5)c4=O)-c4ccccc4C3O2)cc1. The van der Waals surface area contributed by atoms with Gasteiger partial charge in [0, 0.05) is 17.2 Å². The van der Waals surface area contributed by atoms with Crippen molar-refractivity contribution in [2.75, 3.05) is 0 Å². The van der Waals surface area contributed by atoms with Gasteiger partial charge in [0.2, 0.25) is 0 Å². The van der Waals surface area contributed by atoms with Crippen molar-refractivity contribution in [2.24, 2.45) is 0 Å². The molecule has 4 aromatic rings. The van der Waals surface area contributed by atoms with Crippen LogP contribution in [-0.2, 0) is 4.74 Å². The molecule has 0 spiro atoms. The number of hydrogen-bond acceptors (Lipinski definition) is 5.